The summed E-state index contributed by atoms with van der Waals surface area (Å²) in [6, 6.07) is 0. The summed E-state index contributed by atoms with van der Waals surface area (Å²) in [5, 5.41) is 0. The molecular formula is C45H88NO8P. The van der Waals surface area contributed by atoms with Crippen LogP contribution in [0.2, 0.25) is 0 Å². The molecule has 0 rings (SSSR count). The maximum Gasteiger partial charge on any atom is 0.306 e. The van der Waals surface area contributed by atoms with Gasteiger partial charge in [-0.25, -0.2) is 0 Å². The van der Waals surface area contributed by atoms with Gasteiger partial charge in [0.2, 0.25) is 0 Å². The number of carbonyl (C=O) groups excluding carboxylic acids is 2. The second kappa shape index (κ2) is 38.3. The average Bonchev–Trinajstić information content (AvgIpc) is 3.13. The Labute approximate surface area is 339 Å². The van der Waals surface area contributed by atoms with Crippen molar-refractivity contribution < 1.29 is 42.1 Å². The van der Waals surface area contributed by atoms with Gasteiger partial charge in [-0.05, 0) is 38.5 Å². The Bertz CT molecular complexity index is 954. The lowest BCUT2D eigenvalue weighted by Gasteiger charge is -2.28. The lowest BCUT2D eigenvalue weighted by molar-refractivity contribution is -0.870. The van der Waals surface area contributed by atoms with Crippen molar-refractivity contribution in [2.24, 2.45) is 0 Å². The second-order valence-electron chi connectivity index (χ2n) is 16.8. The van der Waals surface area contributed by atoms with E-state index in [-0.39, 0.29) is 32.0 Å². The van der Waals surface area contributed by atoms with E-state index >= 15 is 0 Å². The standard InChI is InChI=1S/C45H88NO8P/c1-6-8-10-12-14-16-18-19-20-21-22-23-24-25-26-27-28-30-32-34-36-38-45(48)54-43(42-53-55(49,50)52-40-39-46(3,4)5)41-51-44(47)37-35-33-31-29-17-15-13-11-9-7-2/h21-22,43H,6-20,23-42H2,1-5H3/b22-21-. The third-order valence-corrected chi connectivity index (χ3v) is 11.0. The van der Waals surface area contributed by atoms with E-state index in [0.29, 0.717) is 17.4 Å². The highest BCUT2D eigenvalue weighted by Crippen LogP contribution is 2.38. The molecule has 0 aromatic rings. The topological polar surface area (TPSA) is 111 Å². The molecule has 0 aliphatic carbocycles. The van der Waals surface area contributed by atoms with Gasteiger partial charge in [0.1, 0.15) is 19.8 Å². The summed E-state index contributed by atoms with van der Waals surface area (Å²) in [5.41, 5.74) is 0. The van der Waals surface area contributed by atoms with Crippen molar-refractivity contribution in [1.29, 1.82) is 0 Å². The molecule has 326 valence electrons. The third-order valence-electron chi connectivity index (χ3n) is 10.0. The Balaban J connectivity index is 4.23. The molecule has 0 saturated carbocycles. The highest BCUT2D eigenvalue weighted by atomic mass is 31.2. The highest BCUT2D eigenvalue weighted by Gasteiger charge is 2.21. The number of rotatable bonds is 42. The molecule has 9 nitrogen and oxygen atoms in total. The van der Waals surface area contributed by atoms with Crippen molar-refractivity contribution in [3.63, 3.8) is 0 Å². The number of unbranched alkanes of at least 4 members (excludes halogenated alkanes) is 26. The summed E-state index contributed by atoms with van der Waals surface area (Å²) in [7, 11) is 1.17. The van der Waals surface area contributed by atoms with Crippen LogP contribution in [0.25, 0.3) is 0 Å². The van der Waals surface area contributed by atoms with Crippen LogP contribution in [0.5, 0.6) is 0 Å². The average molecular weight is 802 g/mol. The number of carbonyl (C=O) groups is 2. The molecule has 10 heteroatoms. The Morgan fingerprint density at radius 2 is 0.927 bits per heavy atom. The van der Waals surface area contributed by atoms with Gasteiger partial charge in [0.05, 0.1) is 27.7 Å². The molecule has 0 saturated heterocycles. The van der Waals surface area contributed by atoms with Crippen molar-refractivity contribution in [1.82, 2.24) is 0 Å². The Morgan fingerprint density at radius 3 is 1.35 bits per heavy atom. The number of esters is 2. The monoisotopic (exact) mass is 802 g/mol. The summed E-state index contributed by atoms with van der Waals surface area (Å²) in [4.78, 5) is 37.5. The Hall–Kier alpha value is -1.25. The quantitative estimate of drug-likeness (QED) is 0.0197. The number of nitrogens with zero attached hydrogens (tertiary/aromatic N) is 1. The Morgan fingerprint density at radius 1 is 0.545 bits per heavy atom. The number of likely N-dealkylation sites (N-methyl/N-ethyl adjacent to an activating group) is 1. The molecule has 0 aromatic carbocycles. The zero-order valence-corrected chi connectivity index (χ0v) is 37.5. The van der Waals surface area contributed by atoms with Crippen molar-refractivity contribution in [2.45, 2.75) is 219 Å². The number of quaternary nitrogens is 1. The SMILES string of the molecule is CCCCCCCCCC/C=C\CCCCCCCCCCCC(=O)OC(COC(=O)CCCCCCCCCCCC)COP(=O)([O-])OCC[N+](C)(C)C. The van der Waals surface area contributed by atoms with Gasteiger partial charge in [-0.1, -0.05) is 174 Å². The molecule has 55 heavy (non-hydrogen) atoms. The van der Waals surface area contributed by atoms with E-state index in [4.69, 9.17) is 18.5 Å². The molecule has 0 spiro atoms. The third kappa shape index (κ3) is 42.2. The molecule has 0 heterocycles. The van der Waals surface area contributed by atoms with E-state index < -0.39 is 26.5 Å². The van der Waals surface area contributed by atoms with Crippen LogP contribution >= 0.6 is 7.82 Å². The molecule has 0 amide bonds. The predicted molar refractivity (Wildman–Crippen MR) is 227 cm³/mol. The summed E-state index contributed by atoms with van der Waals surface area (Å²) >= 11 is 0. The fourth-order valence-electron chi connectivity index (χ4n) is 6.41. The van der Waals surface area contributed by atoms with Gasteiger partial charge in [0.15, 0.2) is 6.10 Å². The van der Waals surface area contributed by atoms with Crippen LogP contribution in [-0.2, 0) is 32.7 Å². The van der Waals surface area contributed by atoms with Crippen LogP contribution in [0.3, 0.4) is 0 Å². The molecule has 0 aliphatic rings. The fourth-order valence-corrected chi connectivity index (χ4v) is 7.14. The minimum atomic E-state index is -4.62. The Kier molecular flexibility index (Phi) is 37.4. The predicted octanol–water partition coefficient (Wildman–Crippen LogP) is 12.3. The van der Waals surface area contributed by atoms with Gasteiger partial charge in [-0.15, -0.1) is 0 Å². The maximum absolute atomic E-state index is 12.7. The molecule has 0 bridgehead atoms. The number of phosphoric acid groups is 1. The molecule has 0 aromatic heterocycles. The van der Waals surface area contributed by atoms with Crippen LogP contribution in [0.4, 0.5) is 0 Å². The second-order valence-corrected chi connectivity index (χ2v) is 18.2. The summed E-state index contributed by atoms with van der Waals surface area (Å²) < 4.78 is 33.9. The van der Waals surface area contributed by atoms with Crippen molar-refractivity contribution in [2.75, 3.05) is 47.5 Å². The van der Waals surface area contributed by atoms with Gasteiger partial charge < -0.3 is 27.9 Å². The first-order valence-electron chi connectivity index (χ1n) is 22.9. The van der Waals surface area contributed by atoms with Crippen LogP contribution in [0, 0.1) is 0 Å². The minimum Gasteiger partial charge on any atom is -0.756 e. The summed E-state index contributed by atoms with van der Waals surface area (Å²) in [6.45, 7) is 4.23. The van der Waals surface area contributed by atoms with Crippen LogP contribution < -0.4 is 4.89 Å². The maximum atomic E-state index is 12.7. The van der Waals surface area contributed by atoms with E-state index in [0.717, 1.165) is 38.5 Å². The molecular weight excluding hydrogens is 713 g/mol. The lowest BCUT2D eigenvalue weighted by atomic mass is 10.1. The van der Waals surface area contributed by atoms with E-state index in [9.17, 15) is 19.0 Å². The fraction of sp³-hybridized carbons (Fsp3) is 0.911. The van der Waals surface area contributed by atoms with Gasteiger partial charge in [-0.2, -0.15) is 0 Å². The normalized spacial score (nSPS) is 13.6. The molecule has 0 radical (unpaired) electrons. The van der Waals surface area contributed by atoms with E-state index in [1.807, 2.05) is 21.1 Å². The summed E-state index contributed by atoms with van der Waals surface area (Å²) in [5.74, 6) is -0.829. The largest absolute Gasteiger partial charge is 0.756 e. The van der Waals surface area contributed by atoms with Crippen molar-refractivity contribution >= 4 is 19.8 Å². The van der Waals surface area contributed by atoms with E-state index in [1.165, 1.54) is 141 Å². The molecule has 0 aliphatic heterocycles. The van der Waals surface area contributed by atoms with Crippen LogP contribution in [-0.4, -0.2) is 70.0 Å². The number of hydrogen-bond acceptors (Lipinski definition) is 8. The van der Waals surface area contributed by atoms with Crippen LogP contribution in [0.1, 0.15) is 213 Å². The van der Waals surface area contributed by atoms with E-state index in [2.05, 4.69) is 26.0 Å². The first-order chi connectivity index (χ1) is 26.5. The number of phosphoric ester groups is 1. The molecule has 0 N–H and O–H groups in total. The number of ether oxygens (including phenoxy) is 2. The minimum absolute atomic E-state index is 0.0281. The highest BCUT2D eigenvalue weighted by molar-refractivity contribution is 7.45. The van der Waals surface area contributed by atoms with Crippen LogP contribution in [0.15, 0.2) is 12.2 Å². The van der Waals surface area contributed by atoms with Gasteiger partial charge in [0.25, 0.3) is 7.82 Å². The number of hydrogen-bond donors (Lipinski definition) is 0. The molecule has 2 atom stereocenters. The lowest BCUT2D eigenvalue weighted by Crippen LogP contribution is -2.37. The van der Waals surface area contributed by atoms with Crippen molar-refractivity contribution in [3.05, 3.63) is 12.2 Å². The molecule has 2 unspecified atom stereocenters. The van der Waals surface area contributed by atoms with Gasteiger partial charge >= 0.3 is 11.9 Å². The van der Waals surface area contributed by atoms with Gasteiger partial charge in [0, 0.05) is 12.8 Å². The summed E-state index contributed by atoms with van der Waals surface area (Å²) in [6.07, 6.45) is 39.6. The first kappa shape index (κ1) is 53.8. The van der Waals surface area contributed by atoms with Gasteiger partial charge in [-0.3, -0.25) is 14.2 Å². The molecule has 0 fully saturated rings. The van der Waals surface area contributed by atoms with E-state index in [1.54, 1.807) is 0 Å². The first-order valence-corrected chi connectivity index (χ1v) is 24.4. The zero-order valence-electron chi connectivity index (χ0n) is 36.6. The number of allylic oxidation sites excluding steroid dienone is 2. The smallest absolute Gasteiger partial charge is 0.306 e. The van der Waals surface area contributed by atoms with Crippen molar-refractivity contribution in [3.8, 4) is 0 Å². The zero-order chi connectivity index (χ0) is 40.7.